The minimum atomic E-state index is -0.194. The summed E-state index contributed by atoms with van der Waals surface area (Å²) in [6, 6.07) is 0. The van der Waals surface area contributed by atoms with Crippen LogP contribution in [-0.4, -0.2) is 23.0 Å². The number of thioether (sulfide) groups is 1. The molecule has 1 amide bonds. The number of primary amides is 1. The number of carbonyl (C=O) groups excluding carboxylic acids is 1. The molecule has 4 N–H and O–H groups in total. The van der Waals surface area contributed by atoms with E-state index in [1.54, 1.807) is 0 Å². The molecule has 2 atom stereocenters. The van der Waals surface area contributed by atoms with Gasteiger partial charge in [0.1, 0.15) is 0 Å². The quantitative estimate of drug-likeness (QED) is 0.637. The van der Waals surface area contributed by atoms with Crippen LogP contribution in [0.25, 0.3) is 0 Å². The van der Waals surface area contributed by atoms with Crippen molar-refractivity contribution in [3.8, 4) is 0 Å². The van der Waals surface area contributed by atoms with Crippen LogP contribution in [0.5, 0.6) is 0 Å². The van der Waals surface area contributed by atoms with E-state index in [1.165, 1.54) is 0 Å². The molecule has 1 aliphatic heterocycles. The molecule has 1 heterocycles. The third-order valence-corrected chi connectivity index (χ3v) is 3.49. The Bertz CT molecular complexity index is 151. The van der Waals surface area contributed by atoms with Crippen LogP contribution >= 0.6 is 11.8 Å². The molecule has 0 aromatic carbocycles. The van der Waals surface area contributed by atoms with Crippen LogP contribution in [0.1, 0.15) is 19.3 Å². The highest BCUT2D eigenvalue weighted by molar-refractivity contribution is 8.00. The summed E-state index contributed by atoms with van der Waals surface area (Å²) < 4.78 is 0. The summed E-state index contributed by atoms with van der Waals surface area (Å²) in [4.78, 5) is 10.5. The molecule has 0 bridgehead atoms. The maximum absolute atomic E-state index is 10.5. The molecule has 0 radical (unpaired) electrons. The van der Waals surface area contributed by atoms with Gasteiger partial charge in [-0.3, -0.25) is 4.79 Å². The summed E-state index contributed by atoms with van der Waals surface area (Å²) in [5.74, 6) is -0.194. The van der Waals surface area contributed by atoms with Crippen LogP contribution in [0.4, 0.5) is 0 Å². The summed E-state index contributed by atoms with van der Waals surface area (Å²) in [6.07, 6.45) is 2.75. The second-order valence-corrected chi connectivity index (χ2v) is 4.47. The van der Waals surface area contributed by atoms with Crippen molar-refractivity contribution in [1.82, 2.24) is 0 Å². The first-order chi connectivity index (χ1) is 5.22. The van der Waals surface area contributed by atoms with Gasteiger partial charge >= 0.3 is 0 Å². The first kappa shape index (κ1) is 8.87. The second-order valence-electron chi connectivity index (χ2n) is 2.86. The summed E-state index contributed by atoms with van der Waals surface area (Å²) in [7, 11) is 0. The highest BCUT2D eigenvalue weighted by Gasteiger charge is 2.24. The maximum Gasteiger partial charge on any atom is 0.218 e. The van der Waals surface area contributed by atoms with E-state index < -0.39 is 0 Å². The largest absolute Gasteiger partial charge is 0.370 e. The minimum absolute atomic E-state index is 0.194. The van der Waals surface area contributed by atoms with E-state index in [9.17, 15) is 4.79 Å². The summed E-state index contributed by atoms with van der Waals surface area (Å²) in [5, 5.41) is 0.986. The number of nitrogens with two attached hydrogens (primary N) is 2. The predicted molar refractivity (Wildman–Crippen MR) is 47.3 cm³/mol. The van der Waals surface area contributed by atoms with Gasteiger partial charge in [-0.2, -0.15) is 11.8 Å². The maximum atomic E-state index is 10.5. The standard InChI is InChI=1S/C7H14N2OS/c8-4-6-2-1-5(11-6)3-7(9)10/h5-6H,1-4,8H2,(H2,9,10). The zero-order valence-electron chi connectivity index (χ0n) is 6.45. The molecule has 0 spiro atoms. The highest BCUT2D eigenvalue weighted by atomic mass is 32.2. The lowest BCUT2D eigenvalue weighted by atomic mass is 10.1. The smallest absolute Gasteiger partial charge is 0.218 e. The van der Waals surface area contributed by atoms with E-state index in [0.717, 1.165) is 19.4 Å². The molecule has 0 saturated carbocycles. The highest BCUT2D eigenvalue weighted by Crippen LogP contribution is 2.34. The Balaban J connectivity index is 2.24. The van der Waals surface area contributed by atoms with E-state index in [4.69, 9.17) is 11.5 Å². The fourth-order valence-corrected chi connectivity index (χ4v) is 2.79. The van der Waals surface area contributed by atoms with Crippen LogP contribution in [0.2, 0.25) is 0 Å². The Kier molecular flexibility index (Phi) is 3.20. The molecule has 4 heteroatoms. The van der Waals surface area contributed by atoms with Crippen LogP contribution in [-0.2, 0) is 4.79 Å². The van der Waals surface area contributed by atoms with Gasteiger partial charge in [0.05, 0.1) is 0 Å². The van der Waals surface area contributed by atoms with Crippen molar-refractivity contribution >= 4 is 17.7 Å². The van der Waals surface area contributed by atoms with Crippen LogP contribution < -0.4 is 11.5 Å². The van der Waals surface area contributed by atoms with Gasteiger partial charge in [0.2, 0.25) is 5.91 Å². The van der Waals surface area contributed by atoms with Gasteiger partial charge in [-0.1, -0.05) is 0 Å². The van der Waals surface area contributed by atoms with Crippen molar-refractivity contribution in [1.29, 1.82) is 0 Å². The van der Waals surface area contributed by atoms with Gasteiger partial charge in [0.25, 0.3) is 0 Å². The van der Waals surface area contributed by atoms with Crippen molar-refractivity contribution in [3.05, 3.63) is 0 Å². The van der Waals surface area contributed by atoms with E-state index in [2.05, 4.69) is 0 Å². The van der Waals surface area contributed by atoms with Gasteiger partial charge in [-0.25, -0.2) is 0 Å². The average Bonchev–Trinajstić information content (AvgIpc) is 2.34. The summed E-state index contributed by atoms with van der Waals surface area (Å²) in [5.41, 5.74) is 10.6. The molecule has 1 rings (SSSR count). The first-order valence-corrected chi connectivity index (χ1v) is 4.80. The summed E-state index contributed by atoms with van der Waals surface area (Å²) in [6.45, 7) is 0.722. The van der Waals surface area contributed by atoms with E-state index in [1.807, 2.05) is 11.8 Å². The lowest BCUT2D eigenvalue weighted by Gasteiger charge is -2.06. The number of hydrogen-bond donors (Lipinski definition) is 2. The molecule has 0 aliphatic carbocycles. The van der Waals surface area contributed by atoms with Gasteiger partial charge in [0, 0.05) is 23.5 Å². The molecule has 0 aromatic rings. The molecular weight excluding hydrogens is 160 g/mol. The SMILES string of the molecule is NCC1CCC(CC(N)=O)S1. The fourth-order valence-electron chi connectivity index (χ4n) is 1.33. The lowest BCUT2D eigenvalue weighted by Crippen LogP contribution is -2.17. The zero-order chi connectivity index (χ0) is 8.27. The van der Waals surface area contributed by atoms with E-state index in [-0.39, 0.29) is 5.91 Å². The predicted octanol–water partition coefficient (Wildman–Crippen LogP) is 0.0847. The van der Waals surface area contributed by atoms with Crippen molar-refractivity contribution in [2.24, 2.45) is 11.5 Å². The van der Waals surface area contributed by atoms with Crippen LogP contribution in [0, 0.1) is 0 Å². The van der Waals surface area contributed by atoms with Crippen molar-refractivity contribution in [3.63, 3.8) is 0 Å². The molecule has 64 valence electrons. The molecule has 0 aromatic heterocycles. The van der Waals surface area contributed by atoms with E-state index in [0.29, 0.717) is 16.9 Å². The monoisotopic (exact) mass is 174 g/mol. The number of carbonyl (C=O) groups is 1. The molecule has 11 heavy (non-hydrogen) atoms. The Morgan fingerprint density at radius 1 is 1.45 bits per heavy atom. The molecule has 2 unspecified atom stereocenters. The van der Waals surface area contributed by atoms with Gasteiger partial charge in [-0.05, 0) is 12.8 Å². The summed E-state index contributed by atoms with van der Waals surface area (Å²) >= 11 is 1.81. The number of rotatable bonds is 3. The topological polar surface area (TPSA) is 69.1 Å². The average molecular weight is 174 g/mol. The molecule has 1 aliphatic rings. The fraction of sp³-hybridized carbons (Fsp3) is 0.857. The zero-order valence-corrected chi connectivity index (χ0v) is 7.27. The molecule has 1 fully saturated rings. The normalized spacial score (nSPS) is 30.6. The lowest BCUT2D eigenvalue weighted by molar-refractivity contribution is -0.118. The van der Waals surface area contributed by atoms with Crippen LogP contribution in [0.3, 0.4) is 0 Å². The first-order valence-electron chi connectivity index (χ1n) is 3.86. The Hall–Kier alpha value is -0.220. The second kappa shape index (κ2) is 3.97. The van der Waals surface area contributed by atoms with Crippen molar-refractivity contribution in [2.75, 3.05) is 6.54 Å². The van der Waals surface area contributed by atoms with Gasteiger partial charge in [0.15, 0.2) is 0 Å². The number of amides is 1. The minimum Gasteiger partial charge on any atom is -0.370 e. The Labute approximate surface area is 70.9 Å². The molecule has 3 nitrogen and oxygen atoms in total. The Morgan fingerprint density at radius 3 is 2.55 bits per heavy atom. The van der Waals surface area contributed by atoms with Crippen molar-refractivity contribution in [2.45, 2.75) is 29.8 Å². The Morgan fingerprint density at radius 2 is 2.09 bits per heavy atom. The third-order valence-electron chi connectivity index (χ3n) is 1.89. The number of hydrogen-bond acceptors (Lipinski definition) is 3. The molecule has 1 saturated heterocycles. The van der Waals surface area contributed by atoms with Crippen LogP contribution in [0.15, 0.2) is 0 Å². The van der Waals surface area contributed by atoms with E-state index >= 15 is 0 Å². The van der Waals surface area contributed by atoms with Gasteiger partial charge < -0.3 is 11.5 Å². The molecular formula is C7H14N2OS. The van der Waals surface area contributed by atoms with Gasteiger partial charge in [-0.15, -0.1) is 0 Å². The van der Waals surface area contributed by atoms with Crippen molar-refractivity contribution < 1.29 is 4.79 Å². The third kappa shape index (κ3) is 2.71.